The normalized spacial score (nSPS) is 22.1. The highest BCUT2D eigenvalue weighted by molar-refractivity contribution is 7.89. The molecule has 0 heterocycles. The van der Waals surface area contributed by atoms with Crippen molar-refractivity contribution in [3.8, 4) is 0 Å². The molecule has 0 saturated heterocycles. The molecular formula is C13H26N2O2S. The SMILES string of the molecule is CCCC1(CNS(=O)(=O)CCCNC2CC2)CC1. The molecule has 5 heteroatoms. The molecule has 2 aliphatic rings. The van der Waals surface area contributed by atoms with Gasteiger partial charge in [0, 0.05) is 12.6 Å². The second-order valence-corrected chi connectivity index (χ2v) is 7.90. The predicted molar refractivity (Wildman–Crippen MR) is 74.0 cm³/mol. The first kappa shape index (κ1) is 14.3. The molecule has 2 fully saturated rings. The molecule has 0 aromatic rings. The Morgan fingerprint density at radius 1 is 1.28 bits per heavy atom. The van der Waals surface area contributed by atoms with Crippen molar-refractivity contribution in [3.63, 3.8) is 0 Å². The largest absolute Gasteiger partial charge is 0.314 e. The van der Waals surface area contributed by atoms with Crippen molar-refractivity contribution >= 4 is 10.0 Å². The zero-order chi connectivity index (χ0) is 13.1. The number of sulfonamides is 1. The van der Waals surface area contributed by atoms with Crippen LogP contribution in [0.4, 0.5) is 0 Å². The fraction of sp³-hybridized carbons (Fsp3) is 1.00. The first-order chi connectivity index (χ1) is 8.55. The maximum Gasteiger partial charge on any atom is 0.211 e. The Morgan fingerprint density at radius 3 is 2.56 bits per heavy atom. The molecule has 0 amide bonds. The Labute approximate surface area is 111 Å². The average molecular weight is 274 g/mol. The molecule has 4 nitrogen and oxygen atoms in total. The minimum absolute atomic E-state index is 0.259. The van der Waals surface area contributed by atoms with E-state index in [9.17, 15) is 8.42 Å². The van der Waals surface area contributed by atoms with Gasteiger partial charge >= 0.3 is 0 Å². The van der Waals surface area contributed by atoms with Gasteiger partial charge in [0.1, 0.15) is 0 Å². The first-order valence-corrected chi connectivity index (χ1v) is 8.91. The summed E-state index contributed by atoms with van der Waals surface area (Å²) in [5, 5.41) is 3.34. The zero-order valence-electron chi connectivity index (χ0n) is 11.4. The van der Waals surface area contributed by atoms with Gasteiger partial charge in [0.2, 0.25) is 10.0 Å². The lowest BCUT2D eigenvalue weighted by atomic mass is 10.0. The van der Waals surface area contributed by atoms with Crippen LogP contribution in [0.5, 0.6) is 0 Å². The topological polar surface area (TPSA) is 58.2 Å². The highest BCUT2D eigenvalue weighted by atomic mass is 32.2. The van der Waals surface area contributed by atoms with Crippen molar-refractivity contribution in [2.24, 2.45) is 5.41 Å². The predicted octanol–water partition coefficient (Wildman–Crippen LogP) is 1.63. The van der Waals surface area contributed by atoms with Gasteiger partial charge in [-0.15, -0.1) is 0 Å². The maximum atomic E-state index is 11.8. The van der Waals surface area contributed by atoms with Crippen molar-refractivity contribution in [1.29, 1.82) is 0 Å². The summed E-state index contributed by atoms with van der Waals surface area (Å²) < 4.78 is 26.5. The molecular weight excluding hydrogens is 248 g/mol. The molecule has 0 unspecified atom stereocenters. The second-order valence-electron chi connectivity index (χ2n) is 5.97. The zero-order valence-corrected chi connectivity index (χ0v) is 12.2. The molecule has 2 aliphatic carbocycles. The molecule has 0 bridgehead atoms. The van der Waals surface area contributed by atoms with Crippen molar-refractivity contribution in [1.82, 2.24) is 10.0 Å². The van der Waals surface area contributed by atoms with Gasteiger partial charge < -0.3 is 5.32 Å². The molecule has 106 valence electrons. The number of rotatable bonds is 10. The van der Waals surface area contributed by atoms with Crippen molar-refractivity contribution in [2.45, 2.75) is 57.9 Å². The van der Waals surface area contributed by atoms with Gasteiger partial charge in [-0.25, -0.2) is 13.1 Å². The molecule has 0 aromatic carbocycles. The van der Waals surface area contributed by atoms with Gasteiger partial charge in [-0.05, 0) is 50.5 Å². The summed E-state index contributed by atoms with van der Waals surface area (Å²) in [4.78, 5) is 0. The van der Waals surface area contributed by atoms with E-state index in [1.165, 1.54) is 25.7 Å². The van der Waals surface area contributed by atoms with Crippen LogP contribution in [0.3, 0.4) is 0 Å². The first-order valence-electron chi connectivity index (χ1n) is 7.26. The lowest BCUT2D eigenvalue weighted by molar-refractivity contribution is 0.449. The molecule has 18 heavy (non-hydrogen) atoms. The molecule has 2 saturated carbocycles. The highest BCUT2D eigenvalue weighted by Gasteiger charge is 2.41. The van der Waals surface area contributed by atoms with Crippen LogP contribution in [-0.2, 0) is 10.0 Å². The average Bonchev–Trinajstić information content (AvgIpc) is 3.19. The Morgan fingerprint density at radius 2 is 2.00 bits per heavy atom. The standard InChI is InChI=1S/C13H26N2O2S/c1-2-6-13(7-8-13)11-15-18(16,17)10-3-9-14-12-4-5-12/h12,14-15H,2-11H2,1H3. The van der Waals surface area contributed by atoms with Gasteiger partial charge in [-0.3, -0.25) is 0 Å². The van der Waals surface area contributed by atoms with Gasteiger partial charge in [-0.2, -0.15) is 0 Å². The van der Waals surface area contributed by atoms with Gasteiger partial charge in [0.15, 0.2) is 0 Å². The summed E-state index contributed by atoms with van der Waals surface area (Å²) in [6.07, 6.45) is 7.90. The molecule has 2 rings (SSSR count). The van der Waals surface area contributed by atoms with Crippen LogP contribution in [0, 0.1) is 5.41 Å². The number of nitrogens with one attached hydrogen (secondary N) is 2. The summed E-state index contributed by atoms with van der Waals surface area (Å²) in [7, 11) is -3.06. The van der Waals surface area contributed by atoms with Crippen LogP contribution >= 0.6 is 0 Å². The number of hydrogen-bond donors (Lipinski definition) is 2. The smallest absolute Gasteiger partial charge is 0.211 e. The van der Waals surface area contributed by atoms with E-state index in [0.29, 0.717) is 24.4 Å². The molecule has 0 atom stereocenters. The summed E-state index contributed by atoms with van der Waals surface area (Å²) in [5.74, 6) is 0.259. The Kier molecular flexibility index (Phi) is 4.67. The summed E-state index contributed by atoms with van der Waals surface area (Å²) in [6.45, 7) is 3.64. The van der Waals surface area contributed by atoms with E-state index < -0.39 is 10.0 Å². The third-order valence-electron chi connectivity index (χ3n) is 4.00. The summed E-state index contributed by atoms with van der Waals surface area (Å²) in [6, 6.07) is 0.667. The second kappa shape index (κ2) is 5.88. The fourth-order valence-electron chi connectivity index (χ4n) is 2.41. The summed E-state index contributed by atoms with van der Waals surface area (Å²) >= 11 is 0. The Balaban J connectivity index is 1.60. The van der Waals surface area contributed by atoms with Crippen LogP contribution in [0.2, 0.25) is 0 Å². The summed E-state index contributed by atoms with van der Waals surface area (Å²) in [5.41, 5.74) is 0.300. The Hall–Kier alpha value is -0.130. The van der Waals surface area contributed by atoms with E-state index in [0.717, 1.165) is 19.4 Å². The quantitative estimate of drug-likeness (QED) is 0.595. The molecule has 2 N–H and O–H groups in total. The van der Waals surface area contributed by atoms with Crippen LogP contribution in [0.1, 0.15) is 51.9 Å². The third-order valence-corrected chi connectivity index (χ3v) is 5.42. The van der Waals surface area contributed by atoms with Crippen molar-refractivity contribution in [2.75, 3.05) is 18.8 Å². The van der Waals surface area contributed by atoms with E-state index in [2.05, 4.69) is 17.0 Å². The fourth-order valence-corrected chi connectivity index (χ4v) is 3.61. The van der Waals surface area contributed by atoms with E-state index in [1.807, 2.05) is 0 Å². The molecule has 0 spiro atoms. The number of hydrogen-bond acceptors (Lipinski definition) is 3. The van der Waals surface area contributed by atoms with Crippen molar-refractivity contribution in [3.05, 3.63) is 0 Å². The van der Waals surface area contributed by atoms with Crippen LogP contribution in [0.15, 0.2) is 0 Å². The highest BCUT2D eigenvalue weighted by Crippen LogP contribution is 2.49. The lowest BCUT2D eigenvalue weighted by Crippen LogP contribution is -2.33. The Bertz CT molecular complexity index is 359. The van der Waals surface area contributed by atoms with Crippen LogP contribution in [0.25, 0.3) is 0 Å². The maximum absolute atomic E-state index is 11.8. The minimum atomic E-state index is -3.06. The third kappa shape index (κ3) is 4.86. The molecule has 0 aliphatic heterocycles. The van der Waals surface area contributed by atoms with Crippen LogP contribution in [-0.4, -0.2) is 33.3 Å². The van der Waals surface area contributed by atoms with E-state index in [1.54, 1.807) is 0 Å². The molecule has 0 radical (unpaired) electrons. The van der Waals surface area contributed by atoms with Gasteiger partial charge in [0.25, 0.3) is 0 Å². The van der Waals surface area contributed by atoms with E-state index in [4.69, 9.17) is 0 Å². The monoisotopic (exact) mass is 274 g/mol. The van der Waals surface area contributed by atoms with Crippen LogP contribution < -0.4 is 10.0 Å². The van der Waals surface area contributed by atoms with Gasteiger partial charge in [-0.1, -0.05) is 13.3 Å². The minimum Gasteiger partial charge on any atom is -0.314 e. The van der Waals surface area contributed by atoms with Crippen molar-refractivity contribution < 1.29 is 8.42 Å². The van der Waals surface area contributed by atoms with E-state index >= 15 is 0 Å². The lowest BCUT2D eigenvalue weighted by Gasteiger charge is -2.15. The van der Waals surface area contributed by atoms with Gasteiger partial charge in [0.05, 0.1) is 5.75 Å². The molecule has 0 aromatic heterocycles. The van der Waals surface area contributed by atoms with E-state index in [-0.39, 0.29) is 5.75 Å².